The number of nitrogens with one attached hydrogen (secondary N) is 1. The van der Waals surface area contributed by atoms with E-state index in [1.165, 1.54) is 0 Å². The van der Waals surface area contributed by atoms with Crippen molar-refractivity contribution in [2.24, 2.45) is 0 Å². The number of rotatable bonds is 2. The minimum Gasteiger partial charge on any atom is -0.375 e. The molecule has 0 aliphatic carbocycles. The maximum Gasteiger partial charge on any atom is 0.196 e. The Bertz CT molecular complexity index is 955. The molecule has 0 saturated carbocycles. The summed E-state index contributed by atoms with van der Waals surface area (Å²) in [7, 11) is 0. The minimum absolute atomic E-state index is 0.0627. The van der Waals surface area contributed by atoms with E-state index in [-0.39, 0.29) is 16.9 Å². The Balaban J connectivity index is 1.98. The zero-order valence-corrected chi connectivity index (χ0v) is 14.8. The first kappa shape index (κ1) is 15.8. The number of hydrogen-bond acceptors (Lipinski definition) is 4. The fraction of sp³-hybridized carbons (Fsp3) is 0.350. The smallest absolute Gasteiger partial charge is 0.196 e. The van der Waals surface area contributed by atoms with E-state index >= 15 is 0 Å². The molecular weight excluding hydrogens is 318 g/mol. The number of ether oxygens (including phenoxy) is 1. The van der Waals surface area contributed by atoms with Crippen LogP contribution in [-0.2, 0) is 10.2 Å². The van der Waals surface area contributed by atoms with Gasteiger partial charge in [0, 0.05) is 38.7 Å². The molecule has 1 unspecified atom stereocenters. The first-order valence-electron chi connectivity index (χ1n) is 8.36. The Morgan fingerprint density at radius 1 is 1.12 bits per heavy atom. The van der Waals surface area contributed by atoms with Crippen LogP contribution in [0.3, 0.4) is 0 Å². The van der Waals surface area contributed by atoms with Crippen molar-refractivity contribution in [3.8, 4) is 0 Å². The Kier molecular flexibility index (Phi) is 3.91. The summed E-state index contributed by atoms with van der Waals surface area (Å²) in [6, 6.07) is 14.1. The quantitative estimate of drug-likeness (QED) is 0.724. The number of benzene rings is 2. The van der Waals surface area contributed by atoms with Crippen molar-refractivity contribution in [2.75, 3.05) is 19.7 Å². The summed E-state index contributed by atoms with van der Waals surface area (Å²) in [5, 5.41) is 5.06. The molecule has 0 radical (unpaired) electrons. The molecule has 4 heteroatoms. The highest BCUT2D eigenvalue weighted by Crippen LogP contribution is 2.36. The third-order valence-electron chi connectivity index (χ3n) is 5.03. The molecule has 3 aromatic rings. The van der Waals surface area contributed by atoms with Crippen LogP contribution < -0.4 is 10.7 Å². The van der Waals surface area contributed by atoms with Gasteiger partial charge in [-0.1, -0.05) is 38.1 Å². The number of morpholine rings is 1. The van der Waals surface area contributed by atoms with E-state index in [0.717, 1.165) is 38.8 Å². The van der Waals surface area contributed by atoms with Gasteiger partial charge in [-0.2, -0.15) is 0 Å². The summed E-state index contributed by atoms with van der Waals surface area (Å²) in [5.41, 5.74) is 0.980. The molecule has 0 spiro atoms. The van der Waals surface area contributed by atoms with Gasteiger partial charge in [-0.25, -0.2) is 0 Å². The lowest BCUT2D eigenvalue weighted by Crippen LogP contribution is -2.48. The maximum atomic E-state index is 13.2. The highest BCUT2D eigenvalue weighted by atomic mass is 32.1. The molecular formula is C20H21NO2S. The van der Waals surface area contributed by atoms with Gasteiger partial charge in [0.25, 0.3) is 0 Å². The number of hydrogen-bond donors (Lipinski definition) is 1. The van der Waals surface area contributed by atoms with E-state index < -0.39 is 0 Å². The average molecular weight is 339 g/mol. The molecule has 0 bridgehead atoms. The second-order valence-corrected chi connectivity index (χ2v) is 7.98. The van der Waals surface area contributed by atoms with Crippen molar-refractivity contribution < 1.29 is 4.74 Å². The zero-order valence-electron chi connectivity index (χ0n) is 14.0. The molecule has 0 amide bonds. The van der Waals surface area contributed by atoms with Gasteiger partial charge in [-0.05, 0) is 23.8 Å². The molecule has 1 saturated heterocycles. The summed E-state index contributed by atoms with van der Waals surface area (Å²) in [5.74, 6) is 0. The van der Waals surface area contributed by atoms with E-state index in [9.17, 15) is 4.79 Å². The Hall–Kier alpha value is -1.75. The lowest BCUT2D eigenvalue weighted by atomic mass is 9.77. The lowest BCUT2D eigenvalue weighted by molar-refractivity contribution is -0.0135. The summed E-state index contributed by atoms with van der Waals surface area (Å²) < 4.78 is 8.10. The standard InChI is InChI=1S/C20H21NO2S/c1-20(2,17-12-21-10-11-23-17)14-7-5-9-16-18(14)19(22)13-6-3-4-8-15(13)24-16/h3-9,17,21H,10-12H2,1-2H3. The molecule has 1 fully saturated rings. The van der Waals surface area contributed by atoms with Crippen molar-refractivity contribution >= 4 is 31.5 Å². The van der Waals surface area contributed by atoms with Crippen LogP contribution >= 0.6 is 11.3 Å². The molecule has 1 aliphatic rings. The summed E-state index contributed by atoms with van der Waals surface area (Å²) in [6.45, 7) is 6.78. The molecule has 3 nitrogen and oxygen atoms in total. The maximum absolute atomic E-state index is 13.2. The summed E-state index contributed by atoms with van der Waals surface area (Å²) in [6.07, 6.45) is 0.0627. The number of fused-ring (bicyclic) bond motifs is 2. The predicted octanol–water partition coefficient (Wildman–Crippen LogP) is 3.68. The Morgan fingerprint density at radius 3 is 2.71 bits per heavy atom. The second-order valence-electron chi connectivity index (χ2n) is 6.89. The van der Waals surface area contributed by atoms with Crippen LogP contribution in [0.4, 0.5) is 0 Å². The van der Waals surface area contributed by atoms with Crippen LogP contribution in [-0.4, -0.2) is 25.8 Å². The van der Waals surface area contributed by atoms with E-state index in [1.54, 1.807) is 11.3 Å². The molecule has 124 valence electrons. The minimum atomic E-state index is -0.235. The van der Waals surface area contributed by atoms with Gasteiger partial charge in [-0.3, -0.25) is 4.79 Å². The van der Waals surface area contributed by atoms with Gasteiger partial charge in [-0.15, -0.1) is 11.3 Å². The predicted molar refractivity (Wildman–Crippen MR) is 101 cm³/mol. The van der Waals surface area contributed by atoms with E-state index in [1.807, 2.05) is 30.3 Å². The van der Waals surface area contributed by atoms with Crippen LogP contribution in [0.1, 0.15) is 19.4 Å². The monoisotopic (exact) mass is 339 g/mol. The molecule has 1 N–H and O–H groups in total. The fourth-order valence-corrected chi connectivity index (χ4v) is 4.69. The van der Waals surface area contributed by atoms with E-state index in [2.05, 4.69) is 31.3 Å². The topological polar surface area (TPSA) is 38.3 Å². The van der Waals surface area contributed by atoms with Gasteiger partial charge < -0.3 is 10.1 Å². The van der Waals surface area contributed by atoms with Crippen molar-refractivity contribution in [3.05, 3.63) is 58.3 Å². The van der Waals surface area contributed by atoms with Crippen LogP contribution in [0.5, 0.6) is 0 Å². The van der Waals surface area contributed by atoms with Crippen molar-refractivity contribution in [3.63, 3.8) is 0 Å². The molecule has 1 aliphatic heterocycles. The second kappa shape index (κ2) is 5.96. The van der Waals surface area contributed by atoms with Crippen LogP contribution in [0.15, 0.2) is 47.3 Å². The molecule has 24 heavy (non-hydrogen) atoms. The summed E-state index contributed by atoms with van der Waals surface area (Å²) >= 11 is 1.69. The Morgan fingerprint density at radius 2 is 1.92 bits per heavy atom. The van der Waals surface area contributed by atoms with Crippen molar-refractivity contribution in [1.29, 1.82) is 0 Å². The van der Waals surface area contributed by atoms with Gasteiger partial charge in [0.2, 0.25) is 0 Å². The SMILES string of the molecule is CC(C)(c1cccc2sc3ccccc3c(=O)c12)C1CNCCO1. The molecule has 1 aromatic heterocycles. The van der Waals surface area contributed by atoms with Crippen LogP contribution in [0, 0.1) is 0 Å². The van der Waals surface area contributed by atoms with Crippen LogP contribution in [0.25, 0.3) is 20.2 Å². The normalized spacial score (nSPS) is 19.0. The van der Waals surface area contributed by atoms with E-state index in [4.69, 9.17) is 4.74 Å². The van der Waals surface area contributed by atoms with Crippen LogP contribution in [0.2, 0.25) is 0 Å². The first-order valence-corrected chi connectivity index (χ1v) is 9.18. The van der Waals surface area contributed by atoms with E-state index in [0.29, 0.717) is 6.61 Å². The highest BCUT2D eigenvalue weighted by Gasteiger charge is 2.35. The largest absolute Gasteiger partial charge is 0.375 e. The third-order valence-corrected chi connectivity index (χ3v) is 6.17. The molecule has 4 rings (SSSR count). The molecule has 2 aromatic carbocycles. The van der Waals surface area contributed by atoms with Crippen molar-refractivity contribution in [2.45, 2.75) is 25.4 Å². The van der Waals surface area contributed by atoms with Gasteiger partial charge in [0.15, 0.2) is 5.43 Å². The van der Waals surface area contributed by atoms with Crippen molar-refractivity contribution in [1.82, 2.24) is 5.32 Å². The van der Waals surface area contributed by atoms with Gasteiger partial charge in [0.1, 0.15) is 0 Å². The zero-order chi connectivity index (χ0) is 16.7. The van der Waals surface area contributed by atoms with Gasteiger partial charge in [0.05, 0.1) is 12.7 Å². The molecule has 2 heterocycles. The first-order chi connectivity index (χ1) is 11.6. The summed E-state index contributed by atoms with van der Waals surface area (Å²) in [4.78, 5) is 13.2. The fourth-order valence-electron chi connectivity index (χ4n) is 3.59. The third kappa shape index (κ3) is 2.46. The lowest BCUT2D eigenvalue weighted by Gasteiger charge is -2.38. The highest BCUT2D eigenvalue weighted by molar-refractivity contribution is 7.24. The average Bonchev–Trinajstić information content (AvgIpc) is 2.62. The Labute approximate surface area is 145 Å². The molecule has 1 atom stereocenters. The van der Waals surface area contributed by atoms with Gasteiger partial charge >= 0.3 is 0 Å².